The first-order valence-electron chi connectivity index (χ1n) is 8.61. The largest absolute Gasteiger partial charge is 0.283 e. The Labute approximate surface area is 162 Å². The molecule has 2 N–H and O–H groups in total. The van der Waals surface area contributed by atoms with Gasteiger partial charge in [0, 0.05) is 0 Å². The lowest BCUT2D eigenvalue weighted by Crippen LogP contribution is -2.21. The highest BCUT2D eigenvalue weighted by Gasteiger charge is 2.19. The average Bonchev–Trinajstić information content (AvgIpc) is 2.50. The van der Waals surface area contributed by atoms with Crippen LogP contribution in [0.15, 0.2) is 41.3 Å². The van der Waals surface area contributed by atoms with Crippen LogP contribution in [0.5, 0.6) is 0 Å². The van der Waals surface area contributed by atoms with E-state index in [0.717, 1.165) is 11.1 Å². The molecule has 0 atom stereocenters. The van der Waals surface area contributed by atoms with Crippen LogP contribution in [-0.4, -0.2) is 22.6 Å². The number of hydrogen-bond acceptors (Lipinski definition) is 4. The molecular weight excluding hydrogens is 384 g/mol. The minimum absolute atomic E-state index is 0.00433. The van der Waals surface area contributed by atoms with Crippen molar-refractivity contribution in [3.63, 3.8) is 0 Å². The van der Waals surface area contributed by atoms with Crippen LogP contribution in [0.1, 0.15) is 30.5 Å². The highest BCUT2D eigenvalue weighted by Crippen LogP contribution is 2.25. The molecule has 0 saturated carbocycles. The molecule has 0 aliphatic rings. The monoisotopic (exact) mass is 410 g/mol. The van der Waals surface area contributed by atoms with Crippen LogP contribution in [0, 0.1) is 26.7 Å². The molecule has 148 valence electrons. The third-order valence-corrected chi connectivity index (χ3v) is 6.96. The summed E-state index contributed by atoms with van der Waals surface area (Å²) >= 11 is 0. The molecule has 0 amide bonds. The minimum atomic E-state index is -3.85. The Morgan fingerprint density at radius 1 is 0.815 bits per heavy atom. The molecule has 0 heterocycles. The summed E-state index contributed by atoms with van der Waals surface area (Å²) in [5.41, 5.74) is 3.24. The second-order valence-corrected chi connectivity index (χ2v) is 10.6. The van der Waals surface area contributed by atoms with Gasteiger partial charge in [-0.15, -0.1) is 0 Å². The Morgan fingerprint density at radius 3 is 2.07 bits per heavy atom. The van der Waals surface area contributed by atoms with E-state index in [9.17, 15) is 16.8 Å². The van der Waals surface area contributed by atoms with Gasteiger partial charge >= 0.3 is 0 Å². The fourth-order valence-electron chi connectivity index (χ4n) is 2.66. The molecule has 0 fully saturated rings. The number of anilines is 2. The van der Waals surface area contributed by atoms with E-state index in [1.54, 1.807) is 32.9 Å². The third-order valence-electron chi connectivity index (χ3n) is 3.96. The van der Waals surface area contributed by atoms with Crippen molar-refractivity contribution in [2.45, 2.75) is 39.5 Å². The first-order chi connectivity index (χ1) is 12.4. The minimum Gasteiger partial charge on any atom is -0.283 e. The van der Waals surface area contributed by atoms with E-state index in [4.69, 9.17) is 0 Å². The lowest BCUT2D eigenvalue weighted by molar-refractivity contribution is 0.587. The molecule has 0 spiro atoms. The van der Waals surface area contributed by atoms with Crippen LogP contribution >= 0.6 is 0 Å². The topological polar surface area (TPSA) is 92.3 Å². The van der Waals surface area contributed by atoms with Crippen molar-refractivity contribution in [3.05, 3.63) is 53.1 Å². The Kier molecular flexibility index (Phi) is 6.21. The molecule has 0 aromatic heterocycles. The van der Waals surface area contributed by atoms with E-state index in [-0.39, 0.29) is 22.3 Å². The van der Waals surface area contributed by atoms with Crippen molar-refractivity contribution in [2.75, 3.05) is 15.2 Å². The van der Waals surface area contributed by atoms with Gasteiger partial charge in [-0.3, -0.25) is 9.44 Å². The maximum absolute atomic E-state index is 12.8. The fraction of sp³-hybridized carbons (Fsp3) is 0.368. The SMILES string of the molecule is Cc1ccc(NS(=O)(=O)c2ccc(C)c(NS(=O)(=O)CC(C)C)c2)c(C)c1. The first kappa shape index (κ1) is 21.2. The van der Waals surface area contributed by atoms with Gasteiger partial charge in [-0.2, -0.15) is 0 Å². The molecule has 8 heteroatoms. The Bertz CT molecular complexity index is 1040. The number of hydrogen-bond donors (Lipinski definition) is 2. The lowest BCUT2D eigenvalue weighted by atomic mass is 10.1. The molecule has 0 aliphatic carbocycles. The van der Waals surface area contributed by atoms with Gasteiger partial charge < -0.3 is 0 Å². The van der Waals surface area contributed by atoms with E-state index in [1.807, 2.05) is 26.0 Å². The summed E-state index contributed by atoms with van der Waals surface area (Å²) < 4.78 is 55.0. The highest BCUT2D eigenvalue weighted by molar-refractivity contribution is 7.93. The van der Waals surface area contributed by atoms with Gasteiger partial charge in [-0.1, -0.05) is 37.6 Å². The van der Waals surface area contributed by atoms with Gasteiger partial charge in [0.2, 0.25) is 10.0 Å². The van der Waals surface area contributed by atoms with Crippen molar-refractivity contribution in [1.29, 1.82) is 0 Å². The molecule has 0 aliphatic heterocycles. The van der Waals surface area contributed by atoms with Crippen LogP contribution in [-0.2, 0) is 20.0 Å². The molecular formula is C19H26N2O4S2. The summed E-state index contributed by atoms with van der Waals surface area (Å²) in [6.07, 6.45) is 0. The molecule has 0 saturated heterocycles. The zero-order valence-corrected chi connectivity index (χ0v) is 17.8. The molecule has 27 heavy (non-hydrogen) atoms. The average molecular weight is 411 g/mol. The zero-order valence-electron chi connectivity index (χ0n) is 16.2. The quantitative estimate of drug-likeness (QED) is 0.726. The standard InChI is InChI=1S/C19H26N2O4S2/c1-13(2)12-26(22,23)20-19-11-17(8-7-15(19)4)27(24,25)21-18-9-6-14(3)10-16(18)5/h6-11,13,20-21H,12H2,1-5H3. The lowest BCUT2D eigenvalue weighted by Gasteiger charge is -2.15. The van der Waals surface area contributed by atoms with Crippen LogP contribution in [0.2, 0.25) is 0 Å². The second kappa shape index (κ2) is 7.90. The van der Waals surface area contributed by atoms with E-state index in [1.165, 1.54) is 12.1 Å². The van der Waals surface area contributed by atoms with Crippen molar-refractivity contribution in [1.82, 2.24) is 0 Å². The van der Waals surface area contributed by atoms with Crippen LogP contribution in [0.25, 0.3) is 0 Å². The molecule has 2 rings (SSSR count). The molecule has 2 aromatic rings. The summed E-state index contributed by atoms with van der Waals surface area (Å²) in [5.74, 6) is -0.0783. The number of sulfonamides is 2. The number of rotatable bonds is 7. The van der Waals surface area contributed by atoms with Gasteiger partial charge in [0.1, 0.15) is 0 Å². The van der Waals surface area contributed by atoms with E-state index < -0.39 is 20.0 Å². The van der Waals surface area contributed by atoms with Crippen molar-refractivity contribution in [2.24, 2.45) is 5.92 Å². The summed E-state index contributed by atoms with van der Waals surface area (Å²) in [5, 5.41) is 0. The summed E-state index contributed by atoms with van der Waals surface area (Å²) in [6.45, 7) is 9.09. The molecule has 0 radical (unpaired) electrons. The normalized spacial score (nSPS) is 12.2. The van der Waals surface area contributed by atoms with E-state index >= 15 is 0 Å². The Morgan fingerprint density at radius 2 is 1.48 bits per heavy atom. The summed E-state index contributed by atoms with van der Waals surface area (Å²) in [4.78, 5) is -0.00433. The second-order valence-electron chi connectivity index (χ2n) is 7.18. The van der Waals surface area contributed by atoms with Crippen molar-refractivity contribution < 1.29 is 16.8 Å². The maximum atomic E-state index is 12.8. The third kappa shape index (κ3) is 5.71. The summed E-state index contributed by atoms with van der Waals surface area (Å²) in [7, 11) is -7.41. The molecule has 6 nitrogen and oxygen atoms in total. The van der Waals surface area contributed by atoms with Crippen LogP contribution in [0.3, 0.4) is 0 Å². The van der Waals surface area contributed by atoms with E-state index in [0.29, 0.717) is 11.3 Å². The molecule has 0 bridgehead atoms. The molecule has 2 aromatic carbocycles. The number of nitrogens with one attached hydrogen (secondary N) is 2. The maximum Gasteiger partial charge on any atom is 0.261 e. The Balaban J connectivity index is 2.35. The van der Waals surface area contributed by atoms with Crippen LogP contribution in [0.4, 0.5) is 11.4 Å². The highest BCUT2D eigenvalue weighted by atomic mass is 32.2. The molecule has 0 unspecified atom stereocenters. The van der Waals surface area contributed by atoms with Gasteiger partial charge in [0.25, 0.3) is 10.0 Å². The Hall–Kier alpha value is -2.06. The first-order valence-corrected chi connectivity index (χ1v) is 11.7. The predicted octanol–water partition coefficient (Wildman–Crippen LogP) is 3.81. The zero-order chi connectivity index (χ0) is 20.4. The van der Waals surface area contributed by atoms with Crippen LogP contribution < -0.4 is 9.44 Å². The van der Waals surface area contributed by atoms with E-state index in [2.05, 4.69) is 9.44 Å². The smallest absolute Gasteiger partial charge is 0.261 e. The van der Waals surface area contributed by atoms with Gasteiger partial charge in [-0.25, -0.2) is 16.8 Å². The van der Waals surface area contributed by atoms with Gasteiger partial charge in [0.15, 0.2) is 0 Å². The van der Waals surface area contributed by atoms with Crippen molar-refractivity contribution >= 4 is 31.4 Å². The predicted molar refractivity (Wildman–Crippen MR) is 110 cm³/mol. The van der Waals surface area contributed by atoms with Gasteiger partial charge in [0.05, 0.1) is 22.0 Å². The van der Waals surface area contributed by atoms with Crippen molar-refractivity contribution in [3.8, 4) is 0 Å². The summed E-state index contributed by atoms with van der Waals surface area (Å²) in [6, 6.07) is 9.82. The number of benzene rings is 2. The number of aryl methyl sites for hydroxylation is 3. The van der Waals surface area contributed by atoms with Gasteiger partial charge in [-0.05, 0) is 56.0 Å². The fourth-order valence-corrected chi connectivity index (χ4v) is 5.33.